The van der Waals surface area contributed by atoms with Gasteiger partial charge in [-0.15, -0.1) is 0 Å². The van der Waals surface area contributed by atoms with Crippen molar-refractivity contribution in [2.24, 2.45) is 0 Å². The van der Waals surface area contributed by atoms with Crippen molar-refractivity contribution in [1.82, 2.24) is 15.0 Å². The molecule has 0 fully saturated rings. The summed E-state index contributed by atoms with van der Waals surface area (Å²) < 4.78 is 84.6. The van der Waals surface area contributed by atoms with Crippen LogP contribution in [0.5, 0.6) is 11.6 Å². The third-order valence-electron chi connectivity index (χ3n) is 4.37. The van der Waals surface area contributed by atoms with Crippen LogP contribution in [-0.2, 0) is 12.4 Å². The number of nitrogens with zero attached hydrogens (tertiary/aromatic N) is 3. The van der Waals surface area contributed by atoms with E-state index in [4.69, 9.17) is 4.74 Å². The van der Waals surface area contributed by atoms with E-state index in [1.807, 2.05) is 6.07 Å². The van der Waals surface area contributed by atoms with Crippen LogP contribution in [0.3, 0.4) is 0 Å². The zero-order chi connectivity index (χ0) is 22.2. The normalized spacial score (nSPS) is 12.2. The van der Waals surface area contributed by atoms with Crippen LogP contribution in [0.25, 0.3) is 22.2 Å². The topological polar surface area (TPSA) is 47.9 Å². The molecule has 0 bridgehead atoms. The maximum Gasteiger partial charge on any atom is 0.417 e. The van der Waals surface area contributed by atoms with E-state index < -0.39 is 29.0 Å². The highest BCUT2D eigenvalue weighted by Crippen LogP contribution is 2.41. The van der Waals surface area contributed by atoms with Crippen molar-refractivity contribution >= 4 is 10.9 Å². The average molecular weight is 435 g/mol. The molecule has 0 unspecified atom stereocenters. The third kappa shape index (κ3) is 4.42. The predicted octanol–water partition coefficient (Wildman–Crippen LogP) is 6.52. The van der Waals surface area contributed by atoms with Crippen LogP contribution >= 0.6 is 0 Å². The Morgan fingerprint density at radius 2 is 1.55 bits per heavy atom. The van der Waals surface area contributed by atoms with Gasteiger partial charge in [-0.3, -0.25) is 4.98 Å². The summed E-state index contributed by atoms with van der Waals surface area (Å²) in [6, 6.07) is 11.1. The number of alkyl halides is 6. The van der Waals surface area contributed by atoms with Gasteiger partial charge in [0.05, 0.1) is 22.3 Å². The van der Waals surface area contributed by atoms with Crippen molar-refractivity contribution in [3.05, 3.63) is 78.2 Å². The highest BCUT2D eigenvalue weighted by atomic mass is 19.4. The zero-order valence-electron chi connectivity index (χ0n) is 15.4. The fourth-order valence-corrected chi connectivity index (χ4v) is 2.95. The number of aromatic nitrogens is 3. The first-order valence-corrected chi connectivity index (χ1v) is 8.75. The highest BCUT2D eigenvalue weighted by Gasteiger charge is 2.38. The number of benzene rings is 2. The number of ether oxygens (including phenoxy) is 1. The molecular formula is C21H11F6N3O. The largest absolute Gasteiger partial charge is 0.439 e. The van der Waals surface area contributed by atoms with Crippen molar-refractivity contribution in [3.63, 3.8) is 0 Å². The molecule has 0 aliphatic rings. The molecule has 0 amide bonds. The summed E-state index contributed by atoms with van der Waals surface area (Å²) in [5, 5.41) is 0.859. The third-order valence-corrected chi connectivity index (χ3v) is 4.37. The van der Waals surface area contributed by atoms with E-state index in [-0.39, 0.29) is 17.6 Å². The molecule has 0 saturated carbocycles. The Hall–Kier alpha value is -3.69. The Bertz CT molecular complexity index is 1250. The van der Waals surface area contributed by atoms with Crippen LogP contribution in [0.15, 0.2) is 67.1 Å². The Balaban J connectivity index is 1.72. The lowest BCUT2D eigenvalue weighted by Gasteiger charge is -2.16. The Kier molecular flexibility index (Phi) is 5.00. The fourth-order valence-electron chi connectivity index (χ4n) is 2.95. The maximum atomic E-state index is 13.4. The van der Waals surface area contributed by atoms with Gasteiger partial charge in [0.15, 0.2) is 0 Å². The van der Waals surface area contributed by atoms with Crippen molar-refractivity contribution in [2.45, 2.75) is 12.4 Å². The summed E-state index contributed by atoms with van der Waals surface area (Å²) in [6.45, 7) is 0. The van der Waals surface area contributed by atoms with Crippen LogP contribution in [-0.4, -0.2) is 15.0 Å². The molecule has 2 heterocycles. The molecule has 0 aliphatic heterocycles. The van der Waals surface area contributed by atoms with E-state index >= 15 is 0 Å². The van der Waals surface area contributed by atoms with Crippen molar-refractivity contribution in [3.8, 4) is 22.9 Å². The van der Waals surface area contributed by atoms with Gasteiger partial charge in [0.25, 0.3) is 0 Å². The van der Waals surface area contributed by atoms with Gasteiger partial charge in [-0.05, 0) is 30.3 Å². The number of hydrogen-bond acceptors (Lipinski definition) is 4. The van der Waals surface area contributed by atoms with E-state index in [0.29, 0.717) is 17.3 Å². The molecule has 2 aromatic heterocycles. The maximum absolute atomic E-state index is 13.4. The molecule has 10 heteroatoms. The van der Waals surface area contributed by atoms with E-state index in [1.165, 1.54) is 0 Å². The number of pyridine rings is 1. The number of hydrogen-bond donors (Lipinski definition) is 0. The molecule has 0 spiro atoms. The van der Waals surface area contributed by atoms with Crippen molar-refractivity contribution in [2.75, 3.05) is 0 Å². The molecule has 0 N–H and O–H groups in total. The van der Waals surface area contributed by atoms with E-state index in [0.717, 1.165) is 23.8 Å². The van der Waals surface area contributed by atoms with Crippen LogP contribution in [0.1, 0.15) is 11.1 Å². The van der Waals surface area contributed by atoms with Crippen molar-refractivity contribution in [1.29, 1.82) is 0 Å². The SMILES string of the molecule is FC(F)(F)c1ccc(-c2cc(Oc3ccc4cccnc4c3)ncn2)c(C(F)(F)F)c1. The van der Waals surface area contributed by atoms with E-state index in [1.54, 1.807) is 30.5 Å². The minimum Gasteiger partial charge on any atom is -0.439 e. The number of halogens is 6. The quantitative estimate of drug-likeness (QED) is 0.344. The van der Waals surface area contributed by atoms with Gasteiger partial charge >= 0.3 is 12.4 Å². The summed E-state index contributed by atoms with van der Waals surface area (Å²) in [4.78, 5) is 11.8. The standard InChI is InChI=1S/C21H11F6N3O/c22-20(23,24)13-4-6-15(16(8-13)21(25,26)27)18-10-19(30-11-29-18)31-14-5-3-12-2-1-7-28-17(12)9-14/h1-11H. The second-order valence-electron chi connectivity index (χ2n) is 6.46. The first-order chi connectivity index (χ1) is 14.6. The van der Waals surface area contributed by atoms with Gasteiger partial charge in [0.1, 0.15) is 12.1 Å². The van der Waals surface area contributed by atoms with Gasteiger partial charge in [0, 0.05) is 29.3 Å². The first kappa shape index (κ1) is 20.6. The Morgan fingerprint density at radius 3 is 2.29 bits per heavy atom. The fraction of sp³-hybridized carbons (Fsp3) is 0.0952. The van der Waals surface area contributed by atoms with Crippen molar-refractivity contribution < 1.29 is 31.1 Å². The van der Waals surface area contributed by atoms with Crippen LogP contribution in [0, 0.1) is 0 Å². The molecule has 2 aromatic carbocycles. The monoisotopic (exact) mass is 435 g/mol. The summed E-state index contributed by atoms with van der Waals surface area (Å²) >= 11 is 0. The minimum absolute atomic E-state index is 0.0625. The average Bonchev–Trinajstić information content (AvgIpc) is 2.72. The summed E-state index contributed by atoms with van der Waals surface area (Å²) in [7, 11) is 0. The van der Waals surface area contributed by atoms with Gasteiger partial charge in [-0.1, -0.05) is 12.1 Å². The van der Waals surface area contributed by atoms with Crippen LogP contribution in [0.2, 0.25) is 0 Å². The second kappa shape index (κ2) is 7.53. The van der Waals surface area contributed by atoms with Gasteiger partial charge < -0.3 is 4.74 Å². The highest BCUT2D eigenvalue weighted by molar-refractivity contribution is 5.79. The molecule has 4 aromatic rings. The summed E-state index contributed by atoms with van der Waals surface area (Å²) in [6.07, 6.45) is -7.37. The van der Waals surface area contributed by atoms with Gasteiger partial charge in [-0.2, -0.15) is 26.3 Å². The van der Waals surface area contributed by atoms with E-state index in [2.05, 4.69) is 15.0 Å². The number of fused-ring (bicyclic) bond motifs is 1. The van der Waals surface area contributed by atoms with E-state index in [9.17, 15) is 26.3 Å². The first-order valence-electron chi connectivity index (χ1n) is 8.75. The lowest BCUT2D eigenvalue weighted by atomic mass is 10.0. The molecule has 0 radical (unpaired) electrons. The Labute approximate surface area is 171 Å². The molecule has 31 heavy (non-hydrogen) atoms. The number of rotatable bonds is 3. The predicted molar refractivity (Wildman–Crippen MR) is 99.3 cm³/mol. The lowest BCUT2D eigenvalue weighted by molar-refractivity contribution is -0.142. The molecule has 0 aliphatic carbocycles. The zero-order valence-corrected chi connectivity index (χ0v) is 15.4. The van der Waals surface area contributed by atoms with Crippen LogP contribution < -0.4 is 4.74 Å². The molecule has 0 atom stereocenters. The van der Waals surface area contributed by atoms with Gasteiger partial charge in [0.2, 0.25) is 5.88 Å². The molecular weight excluding hydrogens is 424 g/mol. The summed E-state index contributed by atoms with van der Waals surface area (Å²) in [5.41, 5.74) is -2.98. The molecule has 158 valence electrons. The summed E-state index contributed by atoms with van der Waals surface area (Å²) in [5.74, 6) is 0.257. The second-order valence-corrected chi connectivity index (χ2v) is 6.46. The lowest BCUT2D eigenvalue weighted by Crippen LogP contribution is -2.12. The Morgan fingerprint density at radius 1 is 0.742 bits per heavy atom. The van der Waals surface area contributed by atoms with Gasteiger partial charge in [-0.25, -0.2) is 9.97 Å². The smallest absolute Gasteiger partial charge is 0.417 e. The molecule has 4 rings (SSSR count). The van der Waals surface area contributed by atoms with Crippen LogP contribution in [0.4, 0.5) is 26.3 Å². The minimum atomic E-state index is -5.02. The molecule has 0 saturated heterocycles. The molecule has 4 nitrogen and oxygen atoms in total.